The molecule has 3 aromatic rings. The van der Waals surface area contributed by atoms with Crippen molar-refractivity contribution < 1.29 is 0 Å². The Kier molecular flexibility index (Phi) is 4.06. The number of hydrogen-bond donors (Lipinski definition) is 1. The van der Waals surface area contributed by atoms with Gasteiger partial charge in [-0.25, -0.2) is 15.0 Å². The summed E-state index contributed by atoms with van der Waals surface area (Å²) in [5, 5.41) is 6.75. The van der Waals surface area contributed by atoms with Crippen LogP contribution in [0.3, 0.4) is 0 Å². The van der Waals surface area contributed by atoms with Gasteiger partial charge in [-0.15, -0.1) is 11.3 Å². The van der Waals surface area contributed by atoms with E-state index in [1.54, 1.807) is 17.7 Å². The van der Waals surface area contributed by atoms with Gasteiger partial charge in [0, 0.05) is 25.3 Å². The number of hydrogen-bond acceptors (Lipinski definition) is 6. The summed E-state index contributed by atoms with van der Waals surface area (Å²) in [6.45, 7) is 7.14. The van der Waals surface area contributed by atoms with Crippen LogP contribution in [0.4, 0.5) is 11.6 Å². The van der Waals surface area contributed by atoms with Crippen LogP contribution in [0, 0.1) is 13.8 Å². The van der Waals surface area contributed by atoms with Crippen LogP contribution in [0.15, 0.2) is 23.8 Å². The largest absolute Gasteiger partial charge is 0.365 e. The summed E-state index contributed by atoms with van der Waals surface area (Å²) in [6.07, 6.45) is 4.16. The number of aryl methyl sites for hydroxylation is 2. The Morgan fingerprint density at radius 1 is 1.17 bits per heavy atom. The van der Waals surface area contributed by atoms with Crippen molar-refractivity contribution in [1.29, 1.82) is 0 Å². The first-order valence-electron chi connectivity index (χ1n) is 8.36. The van der Waals surface area contributed by atoms with Crippen molar-refractivity contribution in [2.24, 2.45) is 0 Å². The van der Waals surface area contributed by atoms with Gasteiger partial charge in [-0.3, -0.25) is 0 Å². The van der Waals surface area contributed by atoms with E-state index < -0.39 is 0 Å². The van der Waals surface area contributed by atoms with Crippen molar-refractivity contribution in [3.8, 4) is 0 Å². The van der Waals surface area contributed by atoms with E-state index in [0.29, 0.717) is 0 Å². The van der Waals surface area contributed by atoms with Crippen molar-refractivity contribution in [3.63, 3.8) is 0 Å². The van der Waals surface area contributed by atoms with Crippen LogP contribution in [0.1, 0.15) is 29.7 Å². The summed E-state index contributed by atoms with van der Waals surface area (Å²) < 4.78 is 0. The van der Waals surface area contributed by atoms with E-state index in [4.69, 9.17) is 4.98 Å². The highest BCUT2D eigenvalue weighted by atomic mass is 32.1. The first-order valence-corrected chi connectivity index (χ1v) is 9.24. The number of thiophene rings is 1. The molecule has 6 heteroatoms. The van der Waals surface area contributed by atoms with Crippen molar-refractivity contribution in [1.82, 2.24) is 15.0 Å². The van der Waals surface area contributed by atoms with E-state index in [-0.39, 0.29) is 0 Å². The van der Waals surface area contributed by atoms with Gasteiger partial charge in [-0.1, -0.05) is 0 Å². The Morgan fingerprint density at radius 3 is 2.83 bits per heavy atom. The second-order valence-corrected chi connectivity index (χ2v) is 7.20. The number of anilines is 2. The van der Waals surface area contributed by atoms with E-state index in [1.165, 1.54) is 24.0 Å². The molecule has 1 aliphatic heterocycles. The molecule has 3 aromatic heterocycles. The van der Waals surface area contributed by atoms with E-state index in [1.807, 2.05) is 0 Å². The predicted molar refractivity (Wildman–Crippen MR) is 99.9 cm³/mol. The van der Waals surface area contributed by atoms with Gasteiger partial charge in [0.1, 0.15) is 22.8 Å². The molecule has 0 atom stereocenters. The smallest absolute Gasteiger partial charge is 0.138 e. The van der Waals surface area contributed by atoms with Crippen molar-refractivity contribution in [2.75, 3.05) is 23.3 Å². The molecule has 4 rings (SSSR count). The summed E-state index contributed by atoms with van der Waals surface area (Å²) in [6, 6.07) is 4.34. The van der Waals surface area contributed by atoms with E-state index in [9.17, 15) is 0 Å². The molecular formula is C18H21N5S. The maximum atomic E-state index is 4.70. The zero-order chi connectivity index (χ0) is 16.5. The maximum absolute atomic E-state index is 4.70. The van der Waals surface area contributed by atoms with Crippen molar-refractivity contribution >= 4 is 33.2 Å². The molecule has 0 unspecified atom stereocenters. The molecule has 124 valence electrons. The predicted octanol–water partition coefficient (Wildman–Crippen LogP) is 3.92. The lowest BCUT2D eigenvalue weighted by atomic mass is 10.2. The lowest BCUT2D eigenvalue weighted by molar-refractivity contribution is 0.922. The zero-order valence-corrected chi connectivity index (χ0v) is 14.9. The van der Waals surface area contributed by atoms with Gasteiger partial charge < -0.3 is 10.2 Å². The molecule has 0 spiro atoms. The molecule has 1 aliphatic rings. The molecule has 0 saturated carbocycles. The van der Waals surface area contributed by atoms with Crippen LogP contribution in [0.25, 0.3) is 10.2 Å². The first-order chi connectivity index (χ1) is 11.7. The third kappa shape index (κ3) is 2.94. The molecule has 0 bridgehead atoms. The fraction of sp³-hybridized carbons (Fsp3) is 0.389. The Hall–Kier alpha value is -2.21. The lowest BCUT2D eigenvalue weighted by Crippen LogP contribution is -2.19. The number of pyridine rings is 1. The van der Waals surface area contributed by atoms with Crippen molar-refractivity contribution in [2.45, 2.75) is 33.2 Å². The minimum absolute atomic E-state index is 0.742. The minimum atomic E-state index is 0.742. The minimum Gasteiger partial charge on any atom is -0.365 e. The quantitative estimate of drug-likeness (QED) is 0.781. The third-order valence-electron chi connectivity index (χ3n) is 4.44. The Morgan fingerprint density at radius 2 is 2.00 bits per heavy atom. The van der Waals surface area contributed by atoms with Crippen LogP contribution in [-0.2, 0) is 6.54 Å². The van der Waals surface area contributed by atoms with Crippen LogP contribution in [0.5, 0.6) is 0 Å². The van der Waals surface area contributed by atoms with Gasteiger partial charge in [-0.05, 0) is 55.3 Å². The van der Waals surface area contributed by atoms with Gasteiger partial charge in [0.15, 0.2) is 0 Å². The fourth-order valence-electron chi connectivity index (χ4n) is 3.27. The molecule has 1 N–H and O–H groups in total. The van der Waals surface area contributed by atoms with E-state index in [0.717, 1.165) is 47.2 Å². The summed E-state index contributed by atoms with van der Waals surface area (Å²) in [5.74, 6) is 2.01. The van der Waals surface area contributed by atoms with Gasteiger partial charge in [0.25, 0.3) is 0 Å². The number of nitrogens with one attached hydrogen (secondary N) is 1. The molecule has 1 fully saturated rings. The number of nitrogens with zero attached hydrogens (tertiary/aromatic N) is 4. The molecule has 1 saturated heterocycles. The van der Waals surface area contributed by atoms with Gasteiger partial charge in [-0.2, -0.15) is 0 Å². The molecule has 0 aliphatic carbocycles. The summed E-state index contributed by atoms with van der Waals surface area (Å²) in [4.78, 5) is 16.9. The first kappa shape index (κ1) is 15.3. The lowest BCUT2D eigenvalue weighted by Gasteiger charge is -2.18. The Labute approximate surface area is 145 Å². The molecule has 0 aromatic carbocycles. The van der Waals surface area contributed by atoms with Crippen LogP contribution in [-0.4, -0.2) is 28.0 Å². The van der Waals surface area contributed by atoms with Gasteiger partial charge in [0.05, 0.1) is 5.39 Å². The summed E-state index contributed by atoms with van der Waals surface area (Å²) >= 11 is 1.66. The molecule has 0 amide bonds. The van der Waals surface area contributed by atoms with Crippen LogP contribution < -0.4 is 10.2 Å². The number of fused-ring (bicyclic) bond motifs is 1. The van der Waals surface area contributed by atoms with E-state index >= 15 is 0 Å². The SMILES string of the molecule is Cc1cc(CNc2ncnc3scc(C)c23)cc(N2CCCC2)n1. The number of rotatable bonds is 4. The van der Waals surface area contributed by atoms with Gasteiger partial charge in [0.2, 0.25) is 0 Å². The summed E-state index contributed by atoms with van der Waals surface area (Å²) in [5.41, 5.74) is 3.53. The average Bonchev–Trinajstić information content (AvgIpc) is 3.23. The molecular weight excluding hydrogens is 318 g/mol. The molecule has 24 heavy (non-hydrogen) atoms. The molecule has 5 nitrogen and oxygen atoms in total. The van der Waals surface area contributed by atoms with Crippen LogP contribution >= 0.6 is 11.3 Å². The molecule has 0 radical (unpaired) electrons. The normalized spacial score (nSPS) is 14.5. The zero-order valence-electron chi connectivity index (χ0n) is 14.0. The van der Waals surface area contributed by atoms with Gasteiger partial charge >= 0.3 is 0 Å². The fourth-order valence-corrected chi connectivity index (χ4v) is 4.16. The maximum Gasteiger partial charge on any atom is 0.138 e. The third-order valence-corrected chi connectivity index (χ3v) is 5.45. The van der Waals surface area contributed by atoms with Crippen LogP contribution in [0.2, 0.25) is 0 Å². The Bertz CT molecular complexity index is 867. The number of aromatic nitrogens is 3. The highest BCUT2D eigenvalue weighted by molar-refractivity contribution is 7.17. The highest BCUT2D eigenvalue weighted by Gasteiger charge is 2.15. The Balaban J connectivity index is 1.58. The highest BCUT2D eigenvalue weighted by Crippen LogP contribution is 2.29. The monoisotopic (exact) mass is 339 g/mol. The average molecular weight is 339 g/mol. The van der Waals surface area contributed by atoms with Crippen molar-refractivity contribution in [3.05, 3.63) is 40.7 Å². The van der Waals surface area contributed by atoms with E-state index in [2.05, 4.69) is 51.5 Å². The standard InChI is InChI=1S/C18H21N5S/c1-12-10-24-18-16(12)17(20-11-21-18)19-9-14-7-13(2)22-15(8-14)23-5-3-4-6-23/h7-8,10-11H,3-6,9H2,1-2H3,(H,19,20,21). The topological polar surface area (TPSA) is 53.9 Å². The molecule has 4 heterocycles. The summed E-state index contributed by atoms with van der Waals surface area (Å²) in [7, 11) is 0. The second-order valence-electron chi connectivity index (χ2n) is 6.34. The second kappa shape index (κ2) is 6.36.